The number of fused-ring (bicyclic) bond motifs is 2. The second-order valence-electron chi connectivity index (χ2n) is 9.24. The zero-order valence-electron chi connectivity index (χ0n) is 20.4. The maximum atomic E-state index is 13.3. The quantitative estimate of drug-likeness (QED) is 0.270. The summed E-state index contributed by atoms with van der Waals surface area (Å²) < 4.78 is 0.927. The normalized spacial score (nSPS) is 14.8. The van der Waals surface area contributed by atoms with E-state index in [0.717, 1.165) is 26.6 Å². The van der Waals surface area contributed by atoms with E-state index in [0.29, 0.717) is 38.0 Å². The molecule has 9 heteroatoms. The first-order valence-electron chi connectivity index (χ1n) is 12.4. The number of thiazole rings is 1. The Bertz CT molecular complexity index is 1440. The van der Waals surface area contributed by atoms with E-state index >= 15 is 0 Å². The molecule has 1 aromatic heterocycles. The van der Waals surface area contributed by atoms with Crippen molar-refractivity contribution in [2.24, 2.45) is 0 Å². The molecule has 1 fully saturated rings. The number of rotatable bonds is 8. The van der Waals surface area contributed by atoms with Gasteiger partial charge in [-0.2, -0.15) is 0 Å². The number of carbonyl (C=O) groups is 3. The smallest absolute Gasteiger partial charge is 0.252 e. The average molecular weight is 516 g/mol. The van der Waals surface area contributed by atoms with Gasteiger partial charge in [0.25, 0.3) is 5.91 Å². The van der Waals surface area contributed by atoms with Gasteiger partial charge in [-0.15, -0.1) is 11.3 Å². The fourth-order valence-electron chi connectivity index (χ4n) is 4.78. The van der Waals surface area contributed by atoms with E-state index in [1.54, 1.807) is 17.6 Å². The molecule has 1 aliphatic rings. The van der Waals surface area contributed by atoms with Crippen LogP contribution in [0.1, 0.15) is 28.8 Å². The molecule has 37 heavy (non-hydrogen) atoms. The summed E-state index contributed by atoms with van der Waals surface area (Å²) in [5, 5.41) is 14.2. The molecule has 0 atom stereocenters. The van der Waals surface area contributed by atoms with E-state index in [-0.39, 0.29) is 30.7 Å². The van der Waals surface area contributed by atoms with Crippen LogP contribution in [0, 0.1) is 0 Å². The third-order valence-corrected chi connectivity index (χ3v) is 7.59. The first-order chi connectivity index (χ1) is 18.0. The van der Waals surface area contributed by atoms with Crippen LogP contribution in [0.5, 0.6) is 0 Å². The zero-order valence-corrected chi connectivity index (χ0v) is 21.2. The van der Waals surface area contributed by atoms with Crippen LogP contribution in [0.3, 0.4) is 0 Å². The van der Waals surface area contributed by atoms with Crippen LogP contribution >= 0.6 is 11.3 Å². The van der Waals surface area contributed by atoms with E-state index < -0.39 is 5.54 Å². The number of nitrogens with zero attached hydrogens (tertiary/aromatic N) is 1. The number of hydrogen-bond donors (Lipinski definition) is 4. The van der Waals surface area contributed by atoms with Crippen molar-refractivity contribution < 1.29 is 14.4 Å². The van der Waals surface area contributed by atoms with Crippen molar-refractivity contribution in [3.05, 3.63) is 77.3 Å². The Morgan fingerprint density at radius 1 is 0.946 bits per heavy atom. The summed E-state index contributed by atoms with van der Waals surface area (Å²) in [4.78, 5) is 43.2. The van der Waals surface area contributed by atoms with Crippen molar-refractivity contribution in [2.45, 2.75) is 24.8 Å². The van der Waals surface area contributed by atoms with Gasteiger partial charge in [0.05, 0.1) is 22.1 Å². The molecule has 0 unspecified atom stereocenters. The summed E-state index contributed by atoms with van der Waals surface area (Å²) in [7, 11) is 0. The summed E-state index contributed by atoms with van der Waals surface area (Å²) in [6.07, 6.45) is 1.24. The van der Waals surface area contributed by atoms with Gasteiger partial charge in [0.15, 0.2) is 0 Å². The molecule has 8 nitrogen and oxygen atoms in total. The van der Waals surface area contributed by atoms with Crippen LogP contribution in [0.2, 0.25) is 0 Å². The molecular formula is C28H29N5O3S. The first kappa shape index (κ1) is 24.9. The van der Waals surface area contributed by atoms with Crippen LogP contribution in [0.4, 0.5) is 0 Å². The van der Waals surface area contributed by atoms with Crippen LogP contribution in [-0.4, -0.2) is 54.4 Å². The highest BCUT2D eigenvalue weighted by Gasteiger charge is 2.41. The highest BCUT2D eigenvalue weighted by molar-refractivity contribution is 7.16. The summed E-state index contributed by atoms with van der Waals surface area (Å²) in [5.41, 5.74) is 3.06. The minimum Gasteiger partial charge on any atom is -0.354 e. The standard InChI is InChI=1S/C28H29N5O3S/c34-25(17-20-6-3-5-19-4-1-2-7-22(19)20)30-14-15-31-27(36)28(10-12-29-13-11-28)33-26(35)21-8-9-23-24(16-21)37-18-32-23/h1-9,16,18,29H,10-15,17H2,(H,30,34)(H,31,36)(H,33,35). The topological polar surface area (TPSA) is 112 Å². The van der Waals surface area contributed by atoms with Crippen molar-refractivity contribution in [1.82, 2.24) is 26.3 Å². The van der Waals surface area contributed by atoms with Crippen LogP contribution < -0.4 is 21.3 Å². The minimum absolute atomic E-state index is 0.103. The molecule has 0 bridgehead atoms. The fourth-order valence-corrected chi connectivity index (χ4v) is 5.49. The Kier molecular flexibility index (Phi) is 7.43. The number of carbonyl (C=O) groups excluding carboxylic acids is 3. The van der Waals surface area contributed by atoms with E-state index in [2.05, 4.69) is 26.3 Å². The van der Waals surface area contributed by atoms with Crippen molar-refractivity contribution in [1.29, 1.82) is 0 Å². The lowest BCUT2D eigenvalue weighted by atomic mass is 9.86. The van der Waals surface area contributed by atoms with Crippen LogP contribution in [-0.2, 0) is 16.0 Å². The molecule has 0 radical (unpaired) electrons. The maximum Gasteiger partial charge on any atom is 0.252 e. The predicted molar refractivity (Wildman–Crippen MR) is 146 cm³/mol. The molecule has 4 aromatic rings. The molecule has 0 aliphatic carbocycles. The lowest BCUT2D eigenvalue weighted by Gasteiger charge is -2.37. The van der Waals surface area contributed by atoms with Crippen LogP contribution in [0.15, 0.2) is 66.2 Å². The monoisotopic (exact) mass is 515 g/mol. The van der Waals surface area contributed by atoms with Crippen molar-refractivity contribution in [3.8, 4) is 0 Å². The molecule has 3 amide bonds. The van der Waals surface area contributed by atoms with Gasteiger partial charge in [-0.05, 0) is 60.5 Å². The van der Waals surface area contributed by atoms with Gasteiger partial charge in [-0.3, -0.25) is 14.4 Å². The molecule has 0 spiro atoms. The van der Waals surface area contributed by atoms with Gasteiger partial charge in [0.1, 0.15) is 5.54 Å². The summed E-state index contributed by atoms with van der Waals surface area (Å²) in [6.45, 7) is 1.84. The summed E-state index contributed by atoms with van der Waals surface area (Å²) in [5.74, 6) is -0.616. The van der Waals surface area contributed by atoms with E-state index in [4.69, 9.17) is 0 Å². The fraction of sp³-hybridized carbons (Fsp3) is 0.286. The lowest BCUT2D eigenvalue weighted by Crippen LogP contribution is -2.63. The highest BCUT2D eigenvalue weighted by Crippen LogP contribution is 2.23. The summed E-state index contributed by atoms with van der Waals surface area (Å²) in [6, 6.07) is 19.3. The largest absolute Gasteiger partial charge is 0.354 e. The minimum atomic E-state index is -1.00. The zero-order chi connectivity index (χ0) is 25.7. The Morgan fingerprint density at radius 2 is 1.73 bits per heavy atom. The first-order valence-corrected chi connectivity index (χ1v) is 13.3. The number of amides is 3. The third-order valence-electron chi connectivity index (χ3n) is 6.80. The Balaban J connectivity index is 1.16. The van der Waals surface area contributed by atoms with Gasteiger partial charge < -0.3 is 21.3 Å². The molecule has 5 rings (SSSR count). The number of hydrogen-bond acceptors (Lipinski definition) is 6. The number of piperidine rings is 1. The molecular weight excluding hydrogens is 486 g/mol. The SMILES string of the molecule is O=C(Cc1cccc2ccccc12)NCCNC(=O)C1(NC(=O)c2ccc3ncsc3c2)CCNCC1. The highest BCUT2D eigenvalue weighted by atomic mass is 32.1. The van der Waals surface area contributed by atoms with Crippen molar-refractivity contribution in [3.63, 3.8) is 0 Å². The van der Waals surface area contributed by atoms with E-state index in [9.17, 15) is 14.4 Å². The second-order valence-corrected chi connectivity index (χ2v) is 10.1. The second kappa shape index (κ2) is 11.1. The van der Waals surface area contributed by atoms with Crippen molar-refractivity contribution in [2.75, 3.05) is 26.2 Å². The molecule has 1 aliphatic heterocycles. The Morgan fingerprint density at radius 3 is 2.59 bits per heavy atom. The van der Waals surface area contributed by atoms with Gasteiger partial charge in [-0.1, -0.05) is 42.5 Å². The molecule has 1 saturated heterocycles. The van der Waals surface area contributed by atoms with E-state index in [1.165, 1.54) is 11.3 Å². The third kappa shape index (κ3) is 5.63. The van der Waals surface area contributed by atoms with Crippen molar-refractivity contribution >= 4 is 50.0 Å². The van der Waals surface area contributed by atoms with Gasteiger partial charge in [0, 0.05) is 18.7 Å². The summed E-state index contributed by atoms with van der Waals surface area (Å²) >= 11 is 1.47. The average Bonchev–Trinajstić information content (AvgIpc) is 3.40. The maximum absolute atomic E-state index is 13.3. The molecule has 3 aromatic carbocycles. The Labute approximate surface area is 218 Å². The molecule has 4 N–H and O–H groups in total. The molecule has 190 valence electrons. The number of aromatic nitrogens is 1. The number of benzene rings is 3. The lowest BCUT2D eigenvalue weighted by molar-refractivity contribution is -0.128. The van der Waals surface area contributed by atoms with E-state index in [1.807, 2.05) is 48.5 Å². The van der Waals surface area contributed by atoms with Gasteiger partial charge in [0.2, 0.25) is 11.8 Å². The van der Waals surface area contributed by atoms with Gasteiger partial charge >= 0.3 is 0 Å². The molecule has 2 heterocycles. The molecule has 0 saturated carbocycles. The van der Waals surface area contributed by atoms with Gasteiger partial charge in [-0.25, -0.2) is 4.98 Å². The number of nitrogens with one attached hydrogen (secondary N) is 4. The Hall–Kier alpha value is -3.82. The van der Waals surface area contributed by atoms with Crippen LogP contribution in [0.25, 0.3) is 21.0 Å². The predicted octanol–water partition coefficient (Wildman–Crippen LogP) is 2.78.